The van der Waals surface area contributed by atoms with Crippen molar-refractivity contribution in [3.63, 3.8) is 0 Å². The Hall–Kier alpha value is -0.870. The van der Waals surface area contributed by atoms with Crippen molar-refractivity contribution in [2.24, 2.45) is 0 Å². The van der Waals surface area contributed by atoms with Crippen molar-refractivity contribution < 1.29 is 14.6 Å². The molecule has 12 heavy (non-hydrogen) atoms. The molecule has 66 valence electrons. The molecule has 0 aromatic carbocycles. The van der Waals surface area contributed by atoms with Gasteiger partial charge in [-0.25, -0.2) is 4.79 Å². The SMILES string of the molecule is COC(=O)c1ccc(C(C)O)s1. The molecular formula is C8H10O3S. The van der Waals surface area contributed by atoms with Gasteiger partial charge >= 0.3 is 5.97 Å². The van der Waals surface area contributed by atoms with Crippen molar-refractivity contribution in [1.29, 1.82) is 0 Å². The van der Waals surface area contributed by atoms with E-state index in [9.17, 15) is 4.79 Å². The number of thiophene rings is 1. The minimum atomic E-state index is -0.520. The van der Waals surface area contributed by atoms with Gasteiger partial charge in [-0.3, -0.25) is 0 Å². The van der Waals surface area contributed by atoms with Crippen LogP contribution in [0.2, 0.25) is 0 Å². The van der Waals surface area contributed by atoms with Gasteiger partial charge in [-0.2, -0.15) is 0 Å². The maximum absolute atomic E-state index is 11.0. The third-order valence-corrected chi connectivity index (χ3v) is 2.66. The first-order chi connectivity index (χ1) is 5.65. The minimum Gasteiger partial charge on any atom is -0.465 e. The van der Waals surface area contributed by atoms with Gasteiger partial charge in [0.1, 0.15) is 4.88 Å². The molecule has 3 nitrogen and oxygen atoms in total. The van der Waals surface area contributed by atoms with Crippen LogP contribution in [0.5, 0.6) is 0 Å². The maximum Gasteiger partial charge on any atom is 0.348 e. The molecule has 0 amide bonds. The van der Waals surface area contributed by atoms with Crippen LogP contribution in [0.3, 0.4) is 0 Å². The third kappa shape index (κ3) is 1.84. The van der Waals surface area contributed by atoms with Gasteiger partial charge in [-0.1, -0.05) is 0 Å². The van der Waals surface area contributed by atoms with E-state index in [1.54, 1.807) is 19.1 Å². The number of rotatable bonds is 2. The predicted molar refractivity (Wildman–Crippen MR) is 46.3 cm³/mol. The summed E-state index contributed by atoms with van der Waals surface area (Å²) in [6.45, 7) is 1.66. The molecule has 0 radical (unpaired) electrons. The zero-order chi connectivity index (χ0) is 9.14. The van der Waals surface area contributed by atoms with Crippen molar-refractivity contribution in [2.75, 3.05) is 7.11 Å². The van der Waals surface area contributed by atoms with Gasteiger partial charge in [0.15, 0.2) is 0 Å². The number of aliphatic hydroxyl groups excluding tert-OH is 1. The first kappa shape index (κ1) is 9.22. The predicted octanol–water partition coefficient (Wildman–Crippen LogP) is 1.59. The quantitative estimate of drug-likeness (QED) is 0.713. The van der Waals surface area contributed by atoms with Crippen LogP contribution in [-0.4, -0.2) is 18.2 Å². The van der Waals surface area contributed by atoms with E-state index in [2.05, 4.69) is 4.74 Å². The molecule has 0 fully saturated rings. The molecule has 0 saturated heterocycles. The minimum absolute atomic E-state index is 0.355. The van der Waals surface area contributed by atoms with Crippen LogP contribution >= 0.6 is 11.3 Å². The third-order valence-electron chi connectivity index (χ3n) is 1.43. The van der Waals surface area contributed by atoms with E-state index in [1.165, 1.54) is 18.4 Å². The van der Waals surface area contributed by atoms with Crippen molar-refractivity contribution in [2.45, 2.75) is 13.0 Å². The van der Waals surface area contributed by atoms with E-state index in [0.717, 1.165) is 4.88 Å². The second kappa shape index (κ2) is 3.69. The average molecular weight is 186 g/mol. The van der Waals surface area contributed by atoms with Crippen LogP contribution in [0, 0.1) is 0 Å². The van der Waals surface area contributed by atoms with Crippen LogP contribution in [-0.2, 0) is 4.74 Å². The van der Waals surface area contributed by atoms with E-state index >= 15 is 0 Å². The summed E-state index contributed by atoms with van der Waals surface area (Å²) in [7, 11) is 1.34. The van der Waals surface area contributed by atoms with E-state index in [1.807, 2.05) is 0 Å². The maximum atomic E-state index is 11.0. The van der Waals surface area contributed by atoms with Crippen molar-refractivity contribution in [3.05, 3.63) is 21.9 Å². The molecule has 1 heterocycles. The lowest BCUT2D eigenvalue weighted by molar-refractivity contribution is 0.0606. The Morgan fingerprint density at radius 3 is 2.75 bits per heavy atom. The molecule has 1 rings (SSSR count). The lowest BCUT2D eigenvalue weighted by atomic mass is 10.3. The van der Waals surface area contributed by atoms with E-state index in [-0.39, 0.29) is 5.97 Å². The number of esters is 1. The standard InChI is InChI=1S/C8H10O3S/c1-5(9)6-3-4-7(12-6)8(10)11-2/h3-5,9H,1-2H3. The fraction of sp³-hybridized carbons (Fsp3) is 0.375. The molecule has 0 aliphatic carbocycles. The summed E-state index contributed by atoms with van der Waals surface area (Å²) in [6, 6.07) is 3.38. The number of aliphatic hydroxyl groups is 1. The number of carbonyl (C=O) groups excluding carboxylic acids is 1. The van der Waals surface area contributed by atoms with E-state index in [0.29, 0.717) is 4.88 Å². The molecule has 1 unspecified atom stereocenters. The van der Waals surface area contributed by atoms with Crippen LogP contribution in [0.4, 0.5) is 0 Å². The Balaban J connectivity index is 2.84. The Labute approximate surface area is 74.6 Å². The Morgan fingerprint density at radius 2 is 2.33 bits per heavy atom. The highest BCUT2D eigenvalue weighted by Crippen LogP contribution is 2.23. The Morgan fingerprint density at radius 1 is 1.67 bits per heavy atom. The first-order valence-electron chi connectivity index (χ1n) is 3.51. The fourth-order valence-corrected chi connectivity index (χ4v) is 1.65. The molecule has 1 aromatic rings. The first-order valence-corrected chi connectivity index (χ1v) is 4.33. The Bertz CT molecular complexity index is 278. The molecule has 4 heteroatoms. The van der Waals surface area contributed by atoms with E-state index < -0.39 is 6.10 Å². The lowest BCUT2D eigenvalue weighted by Gasteiger charge is -1.97. The number of methoxy groups -OCH3 is 1. The van der Waals surface area contributed by atoms with Gasteiger partial charge in [0.2, 0.25) is 0 Å². The second-order valence-corrected chi connectivity index (χ2v) is 3.48. The highest BCUT2D eigenvalue weighted by molar-refractivity contribution is 7.14. The van der Waals surface area contributed by atoms with Crippen molar-refractivity contribution in [1.82, 2.24) is 0 Å². The molecule has 0 bridgehead atoms. The van der Waals surface area contributed by atoms with Gasteiger partial charge in [0, 0.05) is 4.88 Å². The van der Waals surface area contributed by atoms with E-state index in [4.69, 9.17) is 5.11 Å². The monoisotopic (exact) mass is 186 g/mol. The van der Waals surface area contributed by atoms with Gasteiger partial charge in [0.05, 0.1) is 13.2 Å². The highest BCUT2D eigenvalue weighted by Gasteiger charge is 2.10. The molecular weight excluding hydrogens is 176 g/mol. The number of ether oxygens (including phenoxy) is 1. The van der Waals surface area contributed by atoms with Crippen LogP contribution < -0.4 is 0 Å². The summed E-state index contributed by atoms with van der Waals surface area (Å²) >= 11 is 1.25. The Kier molecular flexibility index (Phi) is 2.83. The normalized spacial score (nSPS) is 12.6. The number of carbonyl (C=O) groups is 1. The molecule has 1 atom stereocenters. The van der Waals surface area contributed by atoms with Crippen molar-refractivity contribution in [3.8, 4) is 0 Å². The summed E-state index contributed by atoms with van der Waals surface area (Å²) in [5, 5.41) is 9.15. The largest absolute Gasteiger partial charge is 0.465 e. The zero-order valence-electron chi connectivity index (χ0n) is 6.90. The summed E-state index contributed by atoms with van der Waals surface area (Å²) in [6.07, 6.45) is -0.520. The average Bonchev–Trinajstić information content (AvgIpc) is 2.51. The second-order valence-electron chi connectivity index (χ2n) is 2.37. The summed E-state index contributed by atoms with van der Waals surface area (Å²) < 4.78 is 4.52. The van der Waals surface area contributed by atoms with Gasteiger partial charge in [-0.05, 0) is 19.1 Å². The van der Waals surface area contributed by atoms with Crippen molar-refractivity contribution >= 4 is 17.3 Å². The molecule has 0 aliphatic heterocycles. The summed E-state index contributed by atoms with van der Waals surface area (Å²) in [5.41, 5.74) is 0. The topological polar surface area (TPSA) is 46.5 Å². The molecule has 1 N–H and O–H groups in total. The lowest BCUT2D eigenvalue weighted by Crippen LogP contribution is -1.96. The van der Waals surface area contributed by atoms with Gasteiger partial charge < -0.3 is 9.84 Å². The molecule has 0 spiro atoms. The fourth-order valence-electron chi connectivity index (χ4n) is 0.788. The zero-order valence-corrected chi connectivity index (χ0v) is 7.72. The van der Waals surface area contributed by atoms with Crippen LogP contribution in [0.25, 0.3) is 0 Å². The number of hydrogen-bond donors (Lipinski definition) is 1. The molecule has 0 saturated carbocycles. The van der Waals surface area contributed by atoms with Gasteiger partial charge in [-0.15, -0.1) is 11.3 Å². The molecule has 1 aromatic heterocycles. The van der Waals surface area contributed by atoms with Gasteiger partial charge in [0.25, 0.3) is 0 Å². The van der Waals surface area contributed by atoms with Crippen LogP contribution in [0.1, 0.15) is 27.6 Å². The summed E-state index contributed by atoms with van der Waals surface area (Å²) in [4.78, 5) is 12.3. The smallest absolute Gasteiger partial charge is 0.348 e. The van der Waals surface area contributed by atoms with Crippen LogP contribution in [0.15, 0.2) is 12.1 Å². The molecule has 0 aliphatic rings. The highest BCUT2D eigenvalue weighted by atomic mass is 32.1. The number of hydrogen-bond acceptors (Lipinski definition) is 4. The summed E-state index contributed by atoms with van der Waals surface area (Å²) in [5.74, 6) is -0.355.